The van der Waals surface area contributed by atoms with Gasteiger partial charge in [0, 0.05) is 45.8 Å². The lowest BCUT2D eigenvalue weighted by Crippen LogP contribution is -2.43. The molecule has 4 amide bonds. The van der Waals surface area contributed by atoms with Gasteiger partial charge in [-0.15, -0.1) is 0 Å². The minimum absolute atomic E-state index is 0.289. The van der Waals surface area contributed by atoms with Crippen molar-refractivity contribution in [2.45, 2.75) is 19.8 Å². The molecular weight excluding hydrogens is 382 g/mol. The highest BCUT2D eigenvalue weighted by molar-refractivity contribution is 6.39. The van der Waals surface area contributed by atoms with Crippen molar-refractivity contribution >= 4 is 40.1 Å². The monoisotopic (exact) mass is 399 g/mol. The normalized spacial score (nSPS) is 15.4. The molecular formula is C23H17N3O4. The second kappa shape index (κ2) is 6.59. The maximum Gasteiger partial charge on any atom is 0.266 e. The summed E-state index contributed by atoms with van der Waals surface area (Å²) in [6, 6.07) is 9.56. The molecule has 2 aromatic carbocycles. The second-order valence-corrected chi connectivity index (χ2v) is 7.34. The number of carbonyl (C=O) groups is 4. The van der Waals surface area contributed by atoms with E-state index < -0.39 is 11.8 Å². The Morgan fingerprint density at radius 1 is 0.767 bits per heavy atom. The highest BCUT2D eigenvalue weighted by Gasteiger charge is 2.39. The number of rotatable bonds is 4. The topological polar surface area (TPSA) is 87.7 Å². The summed E-state index contributed by atoms with van der Waals surface area (Å²) < 4.78 is 0. The van der Waals surface area contributed by atoms with Gasteiger partial charge < -0.3 is 0 Å². The Balaban J connectivity index is 1.73. The van der Waals surface area contributed by atoms with Crippen molar-refractivity contribution in [1.29, 1.82) is 0 Å². The molecule has 0 saturated heterocycles. The zero-order chi connectivity index (χ0) is 21.0. The second-order valence-electron chi connectivity index (χ2n) is 7.34. The maximum atomic E-state index is 13.2. The lowest BCUT2D eigenvalue weighted by molar-refractivity contribution is 0.0607. The molecule has 0 N–H and O–H groups in total. The largest absolute Gasteiger partial charge is 0.274 e. The van der Waals surface area contributed by atoms with E-state index >= 15 is 0 Å². The van der Waals surface area contributed by atoms with Gasteiger partial charge >= 0.3 is 0 Å². The number of benzene rings is 2. The Bertz CT molecular complexity index is 1200. The molecule has 0 radical (unpaired) electrons. The van der Waals surface area contributed by atoms with E-state index in [9.17, 15) is 19.2 Å². The van der Waals surface area contributed by atoms with Crippen molar-refractivity contribution in [3.63, 3.8) is 0 Å². The molecule has 2 aliphatic heterocycles. The highest BCUT2D eigenvalue weighted by atomic mass is 16.2. The van der Waals surface area contributed by atoms with Crippen LogP contribution in [0, 0.1) is 0 Å². The predicted molar refractivity (Wildman–Crippen MR) is 110 cm³/mol. The lowest BCUT2D eigenvalue weighted by Gasteiger charge is -2.31. The lowest BCUT2D eigenvalue weighted by atomic mass is 9.85. The first-order valence-corrected chi connectivity index (χ1v) is 9.79. The van der Waals surface area contributed by atoms with E-state index in [0.717, 1.165) is 11.3 Å². The van der Waals surface area contributed by atoms with E-state index in [1.165, 1.54) is 11.1 Å². The first kappa shape index (κ1) is 18.2. The van der Waals surface area contributed by atoms with Crippen molar-refractivity contribution in [2.75, 3.05) is 11.4 Å². The zero-order valence-electron chi connectivity index (χ0n) is 16.2. The van der Waals surface area contributed by atoms with Gasteiger partial charge in [-0.25, -0.2) is 4.90 Å². The van der Waals surface area contributed by atoms with Gasteiger partial charge in [0.2, 0.25) is 0 Å². The first-order valence-electron chi connectivity index (χ1n) is 9.79. The summed E-state index contributed by atoms with van der Waals surface area (Å²) in [6.07, 6.45) is 4.57. The molecule has 0 bridgehead atoms. The quantitative estimate of drug-likeness (QED) is 0.627. The van der Waals surface area contributed by atoms with Gasteiger partial charge in [0.15, 0.2) is 0 Å². The number of hydrogen-bond donors (Lipinski definition) is 0. The van der Waals surface area contributed by atoms with Gasteiger partial charge in [-0.2, -0.15) is 0 Å². The van der Waals surface area contributed by atoms with E-state index in [2.05, 4.69) is 4.98 Å². The van der Waals surface area contributed by atoms with Gasteiger partial charge in [-0.1, -0.05) is 13.3 Å². The average Bonchev–Trinajstić information content (AvgIpc) is 2.77. The Kier molecular flexibility index (Phi) is 3.99. The molecule has 30 heavy (non-hydrogen) atoms. The van der Waals surface area contributed by atoms with Crippen molar-refractivity contribution in [1.82, 2.24) is 9.88 Å². The maximum absolute atomic E-state index is 13.2. The van der Waals surface area contributed by atoms with E-state index in [4.69, 9.17) is 0 Å². The fraction of sp³-hybridized carbons (Fsp3) is 0.174. The average molecular weight is 399 g/mol. The third-order valence-electron chi connectivity index (χ3n) is 5.62. The van der Waals surface area contributed by atoms with Crippen LogP contribution in [0.3, 0.4) is 0 Å². The van der Waals surface area contributed by atoms with E-state index in [1.54, 1.807) is 42.6 Å². The minimum atomic E-state index is -0.502. The Labute approximate surface area is 171 Å². The Morgan fingerprint density at radius 2 is 1.30 bits per heavy atom. The molecule has 7 heteroatoms. The van der Waals surface area contributed by atoms with Crippen LogP contribution in [-0.4, -0.2) is 40.1 Å². The predicted octanol–water partition coefficient (Wildman–Crippen LogP) is 3.43. The molecule has 3 aromatic rings. The van der Waals surface area contributed by atoms with E-state index in [-0.39, 0.29) is 22.9 Å². The fourth-order valence-corrected chi connectivity index (χ4v) is 4.16. The van der Waals surface area contributed by atoms with Gasteiger partial charge in [0.05, 0.1) is 11.9 Å². The summed E-state index contributed by atoms with van der Waals surface area (Å²) in [6.45, 7) is 2.33. The summed E-state index contributed by atoms with van der Waals surface area (Å²) in [5.41, 5.74) is 1.63. The molecule has 2 aliphatic rings. The number of nitrogens with zero attached hydrogens (tertiary/aromatic N) is 3. The van der Waals surface area contributed by atoms with Crippen LogP contribution >= 0.6 is 0 Å². The summed E-state index contributed by atoms with van der Waals surface area (Å²) in [5.74, 6) is -1.78. The van der Waals surface area contributed by atoms with Gasteiger partial charge in [0.1, 0.15) is 0 Å². The molecule has 148 valence electrons. The van der Waals surface area contributed by atoms with Crippen LogP contribution in [0.15, 0.2) is 48.8 Å². The molecule has 7 nitrogen and oxygen atoms in total. The van der Waals surface area contributed by atoms with Crippen LogP contribution in [0.1, 0.15) is 61.2 Å². The number of carbonyl (C=O) groups excluding carboxylic acids is 4. The number of imide groups is 2. The number of hydrogen-bond acceptors (Lipinski definition) is 5. The molecule has 0 saturated carbocycles. The summed E-state index contributed by atoms with van der Waals surface area (Å²) in [7, 11) is 0. The molecule has 0 aliphatic carbocycles. The minimum Gasteiger partial charge on any atom is -0.274 e. The van der Waals surface area contributed by atoms with E-state index in [1.807, 2.05) is 6.92 Å². The summed E-state index contributed by atoms with van der Waals surface area (Å²) in [4.78, 5) is 58.8. The number of aromatic nitrogens is 1. The number of unbranched alkanes of at least 4 members (excludes halogenated alkanes) is 1. The molecule has 3 heterocycles. The van der Waals surface area contributed by atoms with Crippen molar-refractivity contribution < 1.29 is 19.2 Å². The van der Waals surface area contributed by atoms with Gasteiger partial charge in [0.25, 0.3) is 23.6 Å². The van der Waals surface area contributed by atoms with Crippen molar-refractivity contribution in [3.05, 3.63) is 71.0 Å². The van der Waals surface area contributed by atoms with Crippen LogP contribution < -0.4 is 4.90 Å². The van der Waals surface area contributed by atoms with Gasteiger partial charge in [-0.05, 0) is 42.8 Å². The zero-order valence-corrected chi connectivity index (χ0v) is 16.2. The number of pyridine rings is 1. The first-order chi connectivity index (χ1) is 14.5. The standard InChI is InChI=1S/C23H17N3O4/c1-2-3-11-25-20(27)14-6-8-16-19-17(9-7-15(18(14)19)21(25)28)23(30)26(22(16)29)13-5-4-10-24-12-13/h4-10,12H,2-3,11H2,1H3. The van der Waals surface area contributed by atoms with Crippen LogP contribution in [0.2, 0.25) is 0 Å². The molecule has 0 spiro atoms. The molecule has 0 atom stereocenters. The Morgan fingerprint density at radius 3 is 1.77 bits per heavy atom. The van der Waals surface area contributed by atoms with Crippen LogP contribution in [0.4, 0.5) is 5.69 Å². The molecule has 0 unspecified atom stereocenters. The Hall–Kier alpha value is -3.87. The van der Waals surface area contributed by atoms with Crippen LogP contribution in [0.25, 0.3) is 10.8 Å². The van der Waals surface area contributed by atoms with Gasteiger partial charge in [-0.3, -0.25) is 29.1 Å². The third kappa shape index (κ3) is 2.35. The molecule has 0 fully saturated rings. The fourth-order valence-electron chi connectivity index (χ4n) is 4.16. The van der Waals surface area contributed by atoms with E-state index in [0.29, 0.717) is 40.6 Å². The summed E-state index contributed by atoms with van der Waals surface area (Å²) >= 11 is 0. The SMILES string of the molecule is CCCCN1C(=O)c2ccc3c4c(ccc(c24)C1=O)C(=O)N(c1cccnc1)C3=O. The van der Waals surface area contributed by atoms with Crippen molar-refractivity contribution in [3.8, 4) is 0 Å². The van der Waals surface area contributed by atoms with Crippen molar-refractivity contribution in [2.24, 2.45) is 0 Å². The van der Waals surface area contributed by atoms with Crippen LogP contribution in [-0.2, 0) is 0 Å². The number of amides is 4. The molecule has 5 rings (SSSR count). The third-order valence-corrected chi connectivity index (χ3v) is 5.62. The van der Waals surface area contributed by atoms with Crippen LogP contribution in [0.5, 0.6) is 0 Å². The molecule has 1 aromatic heterocycles. The summed E-state index contributed by atoms with van der Waals surface area (Å²) in [5, 5.41) is 0.761. The smallest absolute Gasteiger partial charge is 0.266 e. The highest BCUT2D eigenvalue weighted by Crippen LogP contribution is 2.38. The number of anilines is 1.